The normalized spacial score (nSPS) is 10.9. The number of thiazole rings is 1. The number of hydrogen-bond acceptors (Lipinski definition) is 5. The van der Waals surface area contributed by atoms with Crippen molar-refractivity contribution in [2.24, 2.45) is 0 Å². The van der Waals surface area contributed by atoms with E-state index in [4.69, 9.17) is 11.6 Å². The number of halogens is 1. The van der Waals surface area contributed by atoms with Crippen LogP contribution >= 0.6 is 22.9 Å². The molecule has 1 N–H and O–H groups in total. The van der Waals surface area contributed by atoms with E-state index in [0.29, 0.717) is 9.84 Å². The minimum Gasteiger partial charge on any atom is -0.320 e. The second-order valence-corrected chi connectivity index (χ2v) is 7.42. The Kier molecular flexibility index (Phi) is 4.58. The first kappa shape index (κ1) is 18.1. The van der Waals surface area contributed by atoms with Gasteiger partial charge in [0.25, 0.3) is 11.6 Å². The van der Waals surface area contributed by atoms with Crippen LogP contribution in [0.2, 0.25) is 5.02 Å². The fraction of sp³-hybridized carbons (Fsp3) is 0.0526. The molecule has 0 aliphatic carbocycles. The Labute approximate surface area is 168 Å². The maximum Gasteiger partial charge on any atom is 0.271 e. The van der Waals surface area contributed by atoms with Crippen LogP contribution in [0, 0.1) is 17.0 Å². The second-order valence-electron chi connectivity index (χ2n) is 6.04. The summed E-state index contributed by atoms with van der Waals surface area (Å²) in [5.41, 5.74) is 2.59. The van der Waals surface area contributed by atoms with Crippen LogP contribution in [0.5, 0.6) is 0 Å². The Morgan fingerprint density at radius 3 is 2.68 bits per heavy atom. The molecule has 0 aliphatic heterocycles. The van der Waals surface area contributed by atoms with Crippen LogP contribution in [0.25, 0.3) is 16.2 Å². The molecule has 0 saturated heterocycles. The SMILES string of the molecule is Cc1c(C(=O)Nc2cc([N+](=O)[O-])ccc2Cl)sc2nc(-c3ccccc3)cn12. The van der Waals surface area contributed by atoms with Gasteiger partial charge in [-0.25, -0.2) is 4.98 Å². The summed E-state index contributed by atoms with van der Waals surface area (Å²) in [5, 5.41) is 13.8. The van der Waals surface area contributed by atoms with Gasteiger partial charge < -0.3 is 5.32 Å². The lowest BCUT2D eigenvalue weighted by Gasteiger charge is -2.06. The van der Waals surface area contributed by atoms with E-state index in [1.54, 1.807) is 0 Å². The lowest BCUT2D eigenvalue weighted by atomic mass is 10.2. The number of hydrogen-bond donors (Lipinski definition) is 1. The van der Waals surface area contributed by atoms with E-state index in [0.717, 1.165) is 17.0 Å². The molecule has 4 rings (SSSR count). The number of anilines is 1. The predicted octanol–water partition coefficient (Wildman–Crippen LogP) is 5.19. The first-order valence-electron chi connectivity index (χ1n) is 8.23. The molecule has 2 aromatic heterocycles. The summed E-state index contributed by atoms with van der Waals surface area (Å²) in [4.78, 5) is 28.9. The molecule has 9 heteroatoms. The summed E-state index contributed by atoms with van der Waals surface area (Å²) in [5.74, 6) is -0.392. The number of carbonyl (C=O) groups is 1. The van der Waals surface area contributed by atoms with Crippen molar-refractivity contribution >= 4 is 45.2 Å². The molecule has 0 radical (unpaired) electrons. The van der Waals surface area contributed by atoms with Gasteiger partial charge in [-0.1, -0.05) is 53.3 Å². The van der Waals surface area contributed by atoms with Crippen molar-refractivity contribution in [2.75, 3.05) is 5.32 Å². The van der Waals surface area contributed by atoms with E-state index < -0.39 is 10.8 Å². The zero-order valence-electron chi connectivity index (χ0n) is 14.5. The largest absolute Gasteiger partial charge is 0.320 e. The number of fused-ring (bicyclic) bond motifs is 1. The monoisotopic (exact) mass is 412 g/mol. The summed E-state index contributed by atoms with van der Waals surface area (Å²) in [6.45, 7) is 1.82. The number of carbonyl (C=O) groups excluding carboxylic acids is 1. The van der Waals surface area contributed by atoms with Crippen LogP contribution in [-0.4, -0.2) is 20.2 Å². The summed E-state index contributed by atoms with van der Waals surface area (Å²) in [7, 11) is 0. The molecule has 0 bridgehead atoms. The molecule has 2 aromatic carbocycles. The molecule has 1 amide bonds. The van der Waals surface area contributed by atoms with Gasteiger partial charge in [-0.15, -0.1) is 0 Å². The number of nitro groups is 1. The Balaban J connectivity index is 1.65. The third kappa shape index (κ3) is 3.23. The highest BCUT2D eigenvalue weighted by atomic mass is 35.5. The minimum absolute atomic E-state index is 0.148. The first-order chi connectivity index (χ1) is 13.4. The molecule has 0 fully saturated rings. The molecule has 0 aliphatic rings. The van der Waals surface area contributed by atoms with Crippen molar-refractivity contribution in [1.29, 1.82) is 0 Å². The van der Waals surface area contributed by atoms with Crippen LogP contribution in [-0.2, 0) is 0 Å². The van der Waals surface area contributed by atoms with Crippen LogP contribution in [0.1, 0.15) is 15.4 Å². The van der Waals surface area contributed by atoms with Crippen molar-refractivity contribution in [1.82, 2.24) is 9.38 Å². The Morgan fingerprint density at radius 2 is 2.00 bits per heavy atom. The van der Waals surface area contributed by atoms with Gasteiger partial charge in [0, 0.05) is 29.6 Å². The van der Waals surface area contributed by atoms with Gasteiger partial charge in [-0.3, -0.25) is 19.3 Å². The van der Waals surface area contributed by atoms with Gasteiger partial charge in [0.2, 0.25) is 0 Å². The fourth-order valence-corrected chi connectivity index (χ4v) is 3.98. The third-order valence-corrected chi connectivity index (χ3v) is 5.73. The molecule has 4 aromatic rings. The average Bonchev–Trinajstić information content (AvgIpc) is 3.24. The quantitative estimate of drug-likeness (QED) is 0.369. The van der Waals surface area contributed by atoms with E-state index >= 15 is 0 Å². The van der Waals surface area contributed by atoms with Gasteiger partial charge >= 0.3 is 0 Å². The maximum atomic E-state index is 12.7. The summed E-state index contributed by atoms with van der Waals surface area (Å²) < 4.78 is 1.86. The van der Waals surface area contributed by atoms with E-state index in [9.17, 15) is 14.9 Å². The summed E-state index contributed by atoms with van der Waals surface area (Å²) in [6, 6.07) is 13.7. The number of rotatable bonds is 4. The van der Waals surface area contributed by atoms with E-state index in [2.05, 4.69) is 10.3 Å². The van der Waals surface area contributed by atoms with Crippen LogP contribution < -0.4 is 5.32 Å². The average molecular weight is 413 g/mol. The number of nitro benzene ring substituents is 1. The van der Waals surface area contributed by atoms with E-state index in [-0.39, 0.29) is 16.4 Å². The Bertz CT molecular complexity index is 1220. The number of nitrogens with zero attached hydrogens (tertiary/aromatic N) is 3. The highest BCUT2D eigenvalue weighted by Crippen LogP contribution is 2.30. The lowest BCUT2D eigenvalue weighted by molar-refractivity contribution is -0.384. The molecule has 7 nitrogen and oxygen atoms in total. The topological polar surface area (TPSA) is 89.5 Å². The van der Waals surface area contributed by atoms with E-state index in [1.807, 2.05) is 47.9 Å². The molecule has 0 unspecified atom stereocenters. The molecule has 0 atom stereocenters. The summed E-state index contributed by atoms with van der Waals surface area (Å²) in [6.07, 6.45) is 1.88. The summed E-state index contributed by atoms with van der Waals surface area (Å²) >= 11 is 7.31. The zero-order chi connectivity index (χ0) is 19.8. The van der Waals surface area contributed by atoms with Gasteiger partial charge in [0.05, 0.1) is 21.3 Å². The van der Waals surface area contributed by atoms with Gasteiger partial charge in [0.1, 0.15) is 4.88 Å². The number of aromatic nitrogens is 2. The van der Waals surface area contributed by atoms with Crippen molar-refractivity contribution in [3.8, 4) is 11.3 Å². The zero-order valence-corrected chi connectivity index (χ0v) is 16.1. The smallest absolute Gasteiger partial charge is 0.271 e. The molecular formula is C19H13ClN4O3S. The molecule has 28 heavy (non-hydrogen) atoms. The minimum atomic E-state index is -0.540. The number of amides is 1. The van der Waals surface area contributed by atoms with Crippen molar-refractivity contribution in [2.45, 2.75) is 6.92 Å². The highest BCUT2D eigenvalue weighted by Gasteiger charge is 2.20. The Hall–Kier alpha value is -3.23. The third-order valence-electron chi connectivity index (χ3n) is 4.24. The highest BCUT2D eigenvalue weighted by molar-refractivity contribution is 7.19. The van der Waals surface area contributed by atoms with Crippen molar-refractivity contribution < 1.29 is 9.72 Å². The van der Waals surface area contributed by atoms with Crippen molar-refractivity contribution in [3.63, 3.8) is 0 Å². The van der Waals surface area contributed by atoms with Crippen LogP contribution in [0.15, 0.2) is 54.7 Å². The predicted molar refractivity (Wildman–Crippen MR) is 109 cm³/mol. The standard InChI is InChI=1S/C19H13ClN4O3S/c1-11-17(18(25)21-15-9-13(24(26)27)7-8-14(15)20)28-19-22-16(10-23(11)19)12-5-3-2-4-6-12/h2-10H,1H3,(H,21,25). The van der Waals surface area contributed by atoms with E-state index in [1.165, 1.54) is 29.5 Å². The van der Waals surface area contributed by atoms with Crippen LogP contribution in [0.4, 0.5) is 11.4 Å². The van der Waals surface area contributed by atoms with Gasteiger partial charge in [-0.2, -0.15) is 0 Å². The number of benzene rings is 2. The van der Waals surface area contributed by atoms with Crippen molar-refractivity contribution in [3.05, 3.63) is 80.4 Å². The molecule has 0 saturated carbocycles. The fourth-order valence-electron chi connectivity index (χ4n) is 2.81. The number of imidazole rings is 1. The molecule has 0 spiro atoms. The number of nitrogens with one attached hydrogen (secondary N) is 1. The van der Waals surface area contributed by atoms with Crippen LogP contribution in [0.3, 0.4) is 0 Å². The number of non-ortho nitro benzene ring substituents is 1. The molecular weight excluding hydrogens is 400 g/mol. The first-order valence-corrected chi connectivity index (χ1v) is 9.42. The number of aryl methyl sites for hydroxylation is 1. The van der Waals surface area contributed by atoms with Gasteiger partial charge in [0.15, 0.2) is 4.96 Å². The maximum absolute atomic E-state index is 12.7. The lowest BCUT2D eigenvalue weighted by Crippen LogP contribution is -2.12. The Morgan fingerprint density at radius 1 is 1.25 bits per heavy atom. The molecule has 140 valence electrons. The second kappa shape index (κ2) is 7.06. The van der Waals surface area contributed by atoms with Gasteiger partial charge in [-0.05, 0) is 13.0 Å². The molecule has 2 heterocycles.